The second-order valence-corrected chi connectivity index (χ2v) is 14.6. The molecule has 20 nitrogen and oxygen atoms in total. The summed E-state index contributed by atoms with van der Waals surface area (Å²) in [7, 11) is -3.33. The summed E-state index contributed by atoms with van der Waals surface area (Å²) in [4.78, 5) is 41.3. The molecule has 2 aromatic rings. The fraction of sp³-hybridized carbons (Fsp3) is 0.524. The molecule has 0 aliphatic carbocycles. The van der Waals surface area contributed by atoms with Crippen molar-refractivity contribution in [3.63, 3.8) is 0 Å². The number of aliphatic imine (C=N–C) groups is 1. The van der Waals surface area contributed by atoms with Gasteiger partial charge in [0.1, 0.15) is 67.1 Å². The van der Waals surface area contributed by atoms with Crippen molar-refractivity contribution in [3.05, 3.63) is 35.7 Å². The van der Waals surface area contributed by atoms with Gasteiger partial charge in [0.25, 0.3) is 0 Å². The minimum Gasteiger partial charge on any atom is -0.465 e. The van der Waals surface area contributed by atoms with Gasteiger partial charge in [0.05, 0.1) is 13.3 Å². The molecular formula is C21H27FN10O10P2S. The molecule has 7 heterocycles. The lowest BCUT2D eigenvalue weighted by Gasteiger charge is -2.33. The monoisotopic (exact) mass is 692 g/mol. The third kappa shape index (κ3) is 5.29. The van der Waals surface area contributed by atoms with Gasteiger partial charge in [-0.15, -0.1) is 0 Å². The molecule has 0 spiro atoms. The number of anilines is 1. The molecule has 5 aliphatic heterocycles. The van der Waals surface area contributed by atoms with E-state index >= 15 is 4.39 Å². The van der Waals surface area contributed by atoms with E-state index in [1.165, 1.54) is 10.9 Å². The zero-order valence-electron chi connectivity index (χ0n) is 23.1. The maximum Gasteiger partial charge on any atom is 0.527 e. The molecule has 5 unspecified atom stereocenters. The number of ether oxygens (including phenoxy) is 2. The number of halogens is 1. The van der Waals surface area contributed by atoms with Crippen molar-refractivity contribution in [2.75, 3.05) is 39.3 Å². The van der Waals surface area contributed by atoms with Crippen molar-refractivity contribution in [2.24, 2.45) is 10.7 Å². The average molecular weight is 693 g/mol. The number of nitrogen functional groups attached to an aromatic ring is 1. The molecule has 244 valence electrons. The van der Waals surface area contributed by atoms with Gasteiger partial charge in [0.2, 0.25) is 12.4 Å². The number of amidine groups is 1. The van der Waals surface area contributed by atoms with E-state index in [2.05, 4.69) is 25.3 Å². The number of nitrogens with one attached hydrogen (secondary N) is 1. The van der Waals surface area contributed by atoms with Gasteiger partial charge in [-0.1, -0.05) is 0 Å². The molecule has 24 heteroatoms. The van der Waals surface area contributed by atoms with Gasteiger partial charge < -0.3 is 55.1 Å². The average Bonchev–Trinajstić information content (AvgIpc) is 3.71. The Morgan fingerprint density at radius 2 is 2.00 bits per heavy atom. The molecule has 8 atom stereocenters. The SMILES string of the molecule is CN1CN([C@@H]2O[C@@H]3COP(=O)(O)OC4=C(COP(O)(=S)OC2C3O)O[C@@H](n2cnc3c(N)ncnc32)C4F)C2=C1C(N)=NCN2. The molecule has 2 bridgehead atoms. The number of fused-ring (bicyclic) bond motifs is 3. The van der Waals surface area contributed by atoms with Crippen LogP contribution < -0.4 is 16.8 Å². The van der Waals surface area contributed by atoms with Crippen molar-refractivity contribution in [1.29, 1.82) is 0 Å². The summed E-state index contributed by atoms with van der Waals surface area (Å²) in [6.07, 6.45) is -6.77. The number of aliphatic hydroxyl groups is 1. The largest absolute Gasteiger partial charge is 0.527 e. The smallest absolute Gasteiger partial charge is 0.465 e. The number of phosphoric acid groups is 1. The second kappa shape index (κ2) is 11.0. The van der Waals surface area contributed by atoms with Gasteiger partial charge >= 0.3 is 14.5 Å². The molecule has 5 aliphatic rings. The first-order valence-corrected chi connectivity index (χ1v) is 17.3. The van der Waals surface area contributed by atoms with Crippen LogP contribution in [0.2, 0.25) is 0 Å². The van der Waals surface area contributed by atoms with Crippen LogP contribution in [-0.2, 0) is 43.9 Å². The van der Waals surface area contributed by atoms with Gasteiger partial charge in [-0.05, 0) is 11.8 Å². The zero-order valence-corrected chi connectivity index (χ0v) is 25.7. The standard InChI is InChI=1S/C21H27FN10O10P2S/c1-30-7-32(19-12(30)17(24)26-5-28-19)21-15-13(33)8(39-21)2-37-43(34,35)41-14-9(3-38-44(36,45)42-15)40-20(10(14)22)31-6-29-11-16(23)25-4-27-18(11)31/h4,6,8,10,13,15,20-21,28,33H,2-3,5,7H2,1H3,(H2,24,26)(H,34,35)(H,36,45)(H2,23,25,27)/t8-,10?,13?,15?,20-,21-,44?/m1/s1. The highest BCUT2D eigenvalue weighted by Gasteiger charge is 2.53. The number of nitrogens with zero attached hydrogens (tertiary/aromatic N) is 7. The van der Waals surface area contributed by atoms with Crippen LogP contribution in [0.4, 0.5) is 10.2 Å². The molecule has 7 rings (SSSR count). The molecule has 2 aromatic heterocycles. The summed E-state index contributed by atoms with van der Waals surface area (Å²) >= 11 is 5.24. The molecule has 8 N–H and O–H groups in total. The Morgan fingerprint density at radius 3 is 2.80 bits per heavy atom. The normalized spacial score (nSPS) is 37.2. The van der Waals surface area contributed by atoms with E-state index in [1.54, 1.807) is 16.8 Å². The number of hydrogen-bond acceptors (Lipinski definition) is 18. The van der Waals surface area contributed by atoms with Gasteiger partial charge in [-0.2, -0.15) is 0 Å². The number of aliphatic hydroxyl groups excluding tert-OH is 1. The molecule has 0 radical (unpaired) electrons. The van der Waals surface area contributed by atoms with E-state index < -0.39 is 76.2 Å². The van der Waals surface area contributed by atoms with Crippen LogP contribution in [0.3, 0.4) is 0 Å². The van der Waals surface area contributed by atoms with Crippen LogP contribution in [0, 0.1) is 0 Å². The fourth-order valence-electron chi connectivity index (χ4n) is 5.54. The Labute approximate surface area is 257 Å². The van der Waals surface area contributed by atoms with Gasteiger partial charge in [0, 0.05) is 7.05 Å². The Morgan fingerprint density at radius 1 is 1.20 bits per heavy atom. The summed E-state index contributed by atoms with van der Waals surface area (Å²) in [5, 5.41) is 14.3. The number of phosphoric ester groups is 1. The summed E-state index contributed by atoms with van der Waals surface area (Å²) < 4.78 is 63.5. The lowest BCUT2D eigenvalue weighted by Crippen LogP contribution is -2.47. The van der Waals surface area contributed by atoms with Crippen molar-refractivity contribution in [3.8, 4) is 0 Å². The summed E-state index contributed by atoms with van der Waals surface area (Å²) in [5.41, 5.74) is 12.7. The number of imidazole rings is 1. The maximum absolute atomic E-state index is 15.9. The van der Waals surface area contributed by atoms with E-state index in [-0.39, 0.29) is 36.2 Å². The molecule has 0 saturated carbocycles. The lowest BCUT2D eigenvalue weighted by atomic mass is 10.1. The van der Waals surface area contributed by atoms with Crippen LogP contribution in [0.15, 0.2) is 40.7 Å². The van der Waals surface area contributed by atoms with Gasteiger partial charge in [0.15, 0.2) is 29.2 Å². The Kier molecular flexibility index (Phi) is 7.43. The lowest BCUT2D eigenvalue weighted by molar-refractivity contribution is -0.0865. The van der Waals surface area contributed by atoms with E-state index in [0.717, 1.165) is 6.33 Å². The molecule has 0 amide bonds. The first kappa shape index (κ1) is 30.5. The Bertz CT molecular complexity index is 1740. The zero-order chi connectivity index (χ0) is 31.8. The number of likely N-dealkylation sites (N-methyl/N-ethyl adjacent to an activating group) is 1. The highest BCUT2D eigenvalue weighted by atomic mass is 32.5. The van der Waals surface area contributed by atoms with E-state index in [0.29, 0.717) is 11.5 Å². The fourth-order valence-corrected chi connectivity index (χ4v) is 7.71. The molecular weight excluding hydrogens is 665 g/mol. The summed E-state index contributed by atoms with van der Waals surface area (Å²) in [6, 6.07) is 0. The van der Waals surface area contributed by atoms with Crippen LogP contribution >= 0.6 is 14.5 Å². The van der Waals surface area contributed by atoms with Crippen LogP contribution in [0.25, 0.3) is 11.2 Å². The third-order valence-electron chi connectivity index (χ3n) is 7.55. The topological polar surface area (TPSA) is 260 Å². The highest BCUT2D eigenvalue weighted by molar-refractivity contribution is 8.07. The number of aromatic nitrogens is 4. The predicted molar refractivity (Wildman–Crippen MR) is 152 cm³/mol. The second-order valence-electron chi connectivity index (χ2n) is 10.4. The first-order chi connectivity index (χ1) is 21.3. The quantitative estimate of drug-likeness (QED) is 0.198. The summed E-state index contributed by atoms with van der Waals surface area (Å²) in [5.74, 6) is -0.394. The molecule has 1 saturated heterocycles. The van der Waals surface area contributed by atoms with Gasteiger partial charge in [-0.3, -0.25) is 18.5 Å². The molecule has 0 aromatic carbocycles. The number of alkyl halides is 1. The maximum atomic E-state index is 15.9. The molecule has 45 heavy (non-hydrogen) atoms. The highest BCUT2D eigenvalue weighted by Crippen LogP contribution is 2.54. The molecule has 1 fully saturated rings. The Hall–Kier alpha value is -3.17. The van der Waals surface area contributed by atoms with Crippen LogP contribution in [-0.4, -0.2) is 114 Å². The number of nitrogens with two attached hydrogens (primary N) is 2. The first-order valence-electron chi connectivity index (χ1n) is 13.2. The Balaban J connectivity index is 1.19. The minimum absolute atomic E-state index is 0.0299. The van der Waals surface area contributed by atoms with Gasteiger partial charge in [-0.25, -0.2) is 28.9 Å². The van der Waals surface area contributed by atoms with Crippen molar-refractivity contribution in [2.45, 2.75) is 36.9 Å². The van der Waals surface area contributed by atoms with E-state index in [4.69, 9.17) is 50.8 Å². The summed E-state index contributed by atoms with van der Waals surface area (Å²) in [6.45, 7) is -5.37. The van der Waals surface area contributed by atoms with E-state index in [9.17, 15) is 19.5 Å². The third-order valence-corrected chi connectivity index (χ3v) is 9.99. The number of hydrogen-bond donors (Lipinski definition) is 6. The minimum atomic E-state index is -5.09. The van der Waals surface area contributed by atoms with Crippen LogP contribution in [0.5, 0.6) is 0 Å². The van der Waals surface area contributed by atoms with Crippen molar-refractivity contribution < 1.29 is 51.4 Å². The van der Waals surface area contributed by atoms with Crippen LogP contribution in [0.1, 0.15) is 6.23 Å². The van der Waals surface area contributed by atoms with Crippen molar-refractivity contribution in [1.82, 2.24) is 34.6 Å². The number of rotatable bonds is 2. The van der Waals surface area contributed by atoms with E-state index in [1.807, 2.05) is 0 Å². The van der Waals surface area contributed by atoms with Crippen molar-refractivity contribution >= 4 is 49.2 Å². The predicted octanol–water partition coefficient (Wildman–Crippen LogP) is -1.37.